The van der Waals surface area contributed by atoms with Crippen LogP contribution in [-0.4, -0.2) is 24.0 Å². The number of rotatable bonds is 6. The van der Waals surface area contributed by atoms with Gasteiger partial charge in [0.05, 0.1) is 6.54 Å². The molecule has 0 atom stereocenters. The van der Waals surface area contributed by atoms with Gasteiger partial charge in [-0.3, -0.25) is 4.90 Å². The van der Waals surface area contributed by atoms with E-state index in [1.54, 1.807) is 0 Å². The molecule has 3 nitrogen and oxygen atoms in total. The van der Waals surface area contributed by atoms with Crippen LogP contribution in [0.25, 0.3) is 0 Å². The molecule has 2 heterocycles. The van der Waals surface area contributed by atoms with Crippen molar-refractivity contribution in [2.24, 2.45) is 11.8 Å². The van der Waals surface area contributed by atoms with Crippen molar-refractivity contribution in [3.8, 4) is 0 Å². The Labute approximate surface area is 130 Å². The summed E-state index contributed by atoms with van der Waals surface area (Å²) in [6.45, 7) is 15.5. The number of furan rings is 1. The molecular weight excluding hydrogens is 260 g/mol. The average Bonchev–Trinajstić information content (AvgIpc) is 2.78. The van der Waals surface area contributed by atoms with E-state index < -0.39 is 0 Å². The summed E-state index contributed by atoms with van der Waals surface area (Å²) < 4.78 is 5.88. The van der Waals surface area contributed by atoms with E-state index in [1.807, 2.05) is 0 Å². The zero-order chi connectivity index (χ0) is 15.4. The molecule has 1 aromatic heterocycles. The molecule has 21 heavy (non-hydrogen) atoms. The fourth-order valence-electron chi connectivity index (χ4n) is 3.16. The van der Waals surface area contributed by atoms with Crippen molar-refractivity contribution in [3.63, 3.8) is 0 Å². The third-order valence-corrected chi connectivity index (χ3v) is 4.73. The van der Waals surface area contributed by atoms with Gasteiger partial charge in [-0.15, -0.1) is 0 Å². The van der Waals surface area contributed by atoms with Gasteiger partial charge in [0.25, 0.3) is 0 Å². The monoisotopic (exact) mass is 292 g/mol. The van der Waals surface area contributed by atoms with Gasteiger partial charge in [-0.2, -0.15) is 0 Å². The maximum atomic E-state index is 5.88. The Morgan fingerprint density at radius 1 is 1.24 bits per heavy atom. The lowest BCUT2D eigenvalue weighted by molar-refractivity contribution is 0.151. The summed E-state index contributed by atoms with van der Waals surface area (Å²) in [5.41, 5.74) is 1.36. The maximum Gasteiger partial charge on any atom is 0.118 e. The van der Waals surface area contributed by atoms with E-state index in [0.29, 0.717) is 6.04 Å². The van der Waals surface area contributed by atoms with E-state index in [0.717, 1.165) is 36.4 Å². The molecule has 1 N–H and O–H groups in total. The minimum Gasteiger partial charge on any atom is -0.465 e. The lowest BCUT2D eigenvalue weighted by Gasteiger charge is -2.33. The van der Waals surface area contributed by atoms with Gasteiger partial charge in [-0.25, -0.2) is 0 Å². The normalized spacial score (nSPS) is 18.0. The van der Waals surface area contributed by atoms with E-state index in [-0.39, 0.29) is 0 Å². The first kappa shape index (κ1) is 16.6. The van der Waals surface area contributed by atoms with Crippen molar-refractivity contribution < 1.29 is 4.42 Å². The minimum atomic E-state index is 0.494. The van der Waals surface area contributed by atoms with Gasteiger partial charge in [0.1, 0.15) is 11.5 Å². The highest BCUT2D eigenvalue weighted by Gasteiger charge is 2.22. The fourth-order valence-corrected chi connectivity index (χ4v) is 3.16. The van der Waals surface area contributed by atoms with Crippen LogP contribution in [0.4, 0.5) is 0 Å². The summed E-state index contributed by atoms with van der Waals surface area (Å²) in [5.74, 6) is 3.89. The first-order chi connectivity index (χ1) is 9.95. The molecule has 0 radical (unpaired) electrons. The van der Waals surface area contributed by atoms with Crippen molar-refractivity contribution in [1.82, 2.24) is 10.2 Å². The molecule has 0 aromatic carbocycles. The van der Waals surface area contributed by atoms with Gasteiger partial charge in [-0.1, -0.05) is 27.7 Å². The number of aryl methyl sites for hydroxylation is 1. The van der Waals surface area contributed by atoms with Crippen molar-refractivity contribution in [1.29, 1.82) is 0 Å². The largest absolute Gasteiger partial charge is 0.465 e. The van der Waals surface area contributed by atoms with Crippen LogP contribution < -0.4 is 5.32 Å². The van der Waals surface area contributed by atoms with E-state index in [1.165, 1.54) is 31.5 Å². The number of hydrogen-bond acceptors (Lipinski definition) is 3. The third kappa shape index (κ3) is 4.86. The molecule has 3 heteroatoms. The fraction of sp³-hybridized carbons (Fsp3) is 0.778. The van der Waals surface area contributed by atoms with Crippen LogP contribution in [0.3, 0.4) is 0 Å². The second-order valence-corrected chi connectivity index (χ2v) is 7.19. The van der Waals surface area contributed by atoms with Crippen molar-refractivity contribution >= 4 is 0 Å². The molecule has 120 valence electrons. The Bertz CT molecular complexity index is 428. The van der Waals surface area contributed by atoms with Gasteiger partial charge >= 0.3 is 0 Å². The standard InChI is InChI=1S/C18H32N2O/c1-13(2)16-6-8-20(9-7-16)12-17-10-18(21-15(17)5)11-19-14(3)4/h10,13-14,16,19H,6-9,11-12H2,1-5H3. The number of hydrogen-bond donors (Lipinski definition) is 1. The summed E-state index contributed by atoms with van der Waals surface area (Å²) >= 11 is 0. The molecule has 2 rings (SSSR count). The number of likely N-dealkylation sites (tertiary alicyclic amines) is 1. The zero-order valence-electron chi connectivity index (χ0n) is 14.4. The molecule has 1 saturated heterocycles. The quantitative estimate of drug-likeness (QED) is 0.860. The van der Waals surface area contributed by atoms with Crippen LogP contribution in [0, 0.1) is 18.8 Å². The molecule has 1 fully saturated rings. The molecule has 0 aliphatic carbocycles. The lowest BCUT2D eigenvalue weighted by Crippen LogP contribution is -2.34. The number of nitrogens with zero attached hydrogens (tertiary/aromatic N) is 1. The Morgan fingerprint density at radius 2 is 1.90 bits per heavy atom. The highest BCUT2D eigenvalue weighted by Crippen LogP contribution is 2.26. The summed E-state index contributed by atoms with van der Waals surface area (Å²) in [4.78, 5) is 2.58. The van der Waals surface area contributed by atoms with Crippen LogP contribution in [0.15, 0.2) is 10.5 Å². The Kier molecular flexibility index (Phi) is 5.88. The summed E-state index contributed by atoms with van der Waals surface area (Å²) in [5, 5.41) is 3.42. The molecule has 1 aliphatic heterocycles. The van der Waals surface area contributed by atoms with Crippen LogP contribution in [-0.2, 0) is 13.1 Å². The van der Waals surface area contributed by atoms with Gasteiger partial charge in [0, 0.05) is 18.2 Å². The molecule has 0 unspecified atom stereocenters. The van der Waals surface area contributed by atoms with Gasteiger partial charge in [0.2, 0.25) is 0 Å². The summed E-state index contributed by atoms with van der Waals surface area (Å²) in [6.07, 6.45) is 2.69. The molecule has 0 spiro atoms. The van der Waals surface area contributed by atoms with Crippen LogP contribution >= 0.6 is 0 Å². The van der Waals surface area contributed by atoms with Crippen molar-refractivity contribution in [2.75, 3.05) is 13.1 Å². The zero-order valence-corrected chi connectivity index (χ0v) is 14.4. The van der Waals surface area contributed by atoms with E-state index in [4.69, 9.17) is 4.42 Å². The van der Waals surface area contributed by atoms with Gasteiger partial charge in [0.15, 0.2) is 0 Å². The van der Waals surface area contributed by atoms with Gasteiger partial charge in [-0.05, 0) is 50.8 Å². The smallest absolute Gasteiger partial charge is 0.118 e. The molecule has 1 aliphatic rings. The Morgan fingerprint density at radius 3 is 2.48 bits per heavy atom. The second kappa shape index (κ2) is 7.46. The topological polar surface area (TPSA) is 28.4 Å². The van der Waals surface area contributed by atoms with Crippen LogP contribution in [0.2, 0.25) is 0 Å². The number of piperidine rings is 1. The highest BCUT2D eigenvalue weighted by atomic mass is 16.3. The minimum absolute atomic E-state index is 0.494. The molecule has 0 bridgehead atoms. The van der Waals surface area contributed by atoms with E-state index >= 15 is 0 Å². The third-order valence-electron chi connectivity index (χ3n) is 4.73. The first-order valence-electron chi connectivity index (χ1n) is 8.49. The Balaban J connectivity index is 1.86. The summed E-state index contributed by atoms with van der Waals surface area (Å²) in [6, 6.07) is 2.73. The SMILES string of the molecule is Cc1oc(CNC(C)C)cc1CN1CCC(C(C)C)CC1. The molecule has 1 aromatic rings. The highest BCUT2D eigenvalue weighted by molar-refractivity contribution is 5.20. The van der Waals surface area contributed by atoms with Crippen molar-refractivity contribution in [3.05, 3.63) is 23.2 Å². The predicted octanol–water partition coefficient (Wildman–Crippen LogP) is 3.95. The predicted molar refractivity (Wildman–Crippen MR) is 88.3 cm³/mol. The van der Waals surface area contributed by atoms with Gasteiger partial charge < -0.3 is 9.73 Å². The first-order valence-corrected chi connectivity index (χ1v) is 8.49. The van der Waals surface area contributed by atoms with Crippen LogP contribution in [0.1, 0.15) is 57.6 Å². The van der Waals surface area contributed by atoms with E-state index in [9.17, 15) is 0 Å². The van der Waals surface area contributed by atoms with Crippen LogP contribution in [0.5, 0.6) is 0 Å². The summed E-state index contributed by atoms with van der Waals surface area (Å²) in [7, 11) is 0. The molecular formula is C18H32N2O. The molecule has 0 amide bonds. The maximum absolute atomic E-state index is 5.88. The average molecular weight is 292 g/mol. The number of nitrogens with one attached hydrogen (secondary N) is 1. The lowest BCUT2D eigenvalue weighted by atomic mass is 9.86. The van der Waals surface area contributed by atoms with E-state index in [2.05, 4.69) is 50.9 Å². The molecule has 0 saturated carbocycles. The van der Waals surface area contributed by atoms with Crippen molar-refractivity contribution in [2.45, 2.75) is 66.6 Å². The second-order valence-electron chi connectivity index (χ2n) is 7.19. The Hall–Kier alpha value is -0.800.